The van der Waals surface area contributed by atoms with Gasteiger partial charge in [-0.2, -0.15) is 0 Å². The third-order valence-electron chi connectivity index (χ3n) is 3.79. The van der Waals surface area contributed by atoms with Crippen LogP contribution in [0.15, 0.2) is 28.7 Å². The quantitative estimate of drug-likeness (QED) is 0.798. The zero-order valence-corrected chi connectivity index (χ0v) is 12.1. The number of Topliss-reactive ketones (excluding diaryl/α,β-unsaturated/α-hetero) is 1. The van der Waals surface area contributed by atoms with E-state index in [0.29, 0.717) is 18.4 Å². The molecule has 1 saturated heterocycles. The van der Waals surface area contributed by atoms with Crippen LogP contribution < -0.4 is 0 Å². The molecular formula is C15H16O4S. The van der Waals surface area contributed by atoms with E-state index in [1.807, 2.05) is 19.1 Å². The molecule has 1 fully saturated rings. The Bertz CT molecular complexity index is 770. The molecular weight excluding hydrogens is 276 g/mol. The number of carbonyl (C=O) groups is 1. The fourth-order valence-electron chi connectivity index (χ4n) is 2.69. The molecule has 20 heavy (non-hydrogen) atoms. The number of furan rings is 1. The van der Waals surface area contributed by atoms with E-state index in [1.54, 1.807) is 12.1 Å². The van der Waals surface area contributed by atoms with Gasteiger partial charge in [-0.15, -0.1) is 0 Å². The minimum atomic E-state index is -3.33. The molecule has 4 nitrogen and oxygen atoms in total. The normalized spacial score (nSPS) is 21.9. The van der Waals surface area contributed by atoms with Crippen molar-refractivity contribution in [1.29, 1.82) is 0 Å². The number of rotatable bonds is 2. The Hall–Kier alpha value is -1.62. The van der Waals surface area contributed by atoms with Crippen molar-refractivity contribution in [1.82, 2.24) is 0 Å². The van der Waals surface area contributed by atoms with Crippen LogP contribution in [0.1, 0.15) is 35.4 Å². The van der Waals surface area contributed by atoms with Crippen LogP contribution in [0.2, 0.25) is 0 Å². The van der Waals surface area contributed by atoms with Crippen molar-refractivity contribution in [2.24, 2.45) is 0 Å². The smallest absolute Gasteiger partial charge is 0.216 e. The number of sulfone groups is 1. The topological polar surface area (TPSA) is 64.3 Å². The Balaban J connectivity index is 2.00. The molecule has 2 heterocycles. The first kappa shape index (κ1) is 13.4. The molecule has 1 aromatic carbocycles. The van der Waals surface area contributed by atoms with Crippen LogP contribution in [0, 0.1) is 6.92 Å². The second-order valence-electron chi connectivity index (χ2n) is 5.37. The number of ketones is 1. The van der Waals surface area contributed by atoms with Crippen molar-refractivity contribution in [3.05, 3.63) is 35.6 Å². The summed E-state index contributed by atoms with van der Waals surface area (Å²) >= 11 is 0. The molecule has 5 heteroatoms. The summed E-state index contributed by atoms with van der Waals surface area (Å²) in [4.78, 5) is 12.4. The van der Waals surface area contributed by atoms with Crippen molar-refractivity contribution in [2.45, 2.75) is 31.4 Å². The highest BCUT2D eigenvalue weighted by Crippen LogP contribution is 2.27. The van der Waals surface area contributed by atoms with Gasteiger partial charge in [0.05, 0.1) is 5.75 Å². The Kier molecular flexibility index (Phi) is 3.17. The van der Waals surface area contributed by atoms with Gasteiger partial charge in [0.2, 0.25) is 5.78 Å². The Morgan fingerprint density at radius 2 is 2.05 bits per heavy atom. The van der Waals surface area contributed by atoms with E-state index in [2.05, 4.69) is 0 Å². The summed E-state index contributed by atoms with van der Waals surface area (Å²) in [6.07, 6.45) is 1.82. The zero-order chi connectivity index (χ0) is 14.3. The minimum absolute atomic E-state index is 0.0999. The van der Waals surface area contributed by atoms with Gasteiger partial charge >= 0.3 is 0 Å². The number of benzene rings is 1. The molecule has 1 aliphatic rings. The SMILES string of the molecule is Cc1ccc2oc(C(=O)C3CCCCS3(=O)=O)cc2c1. The Morgan fingerprint density at radius 3 is 2.80 bits per heavy atom. The first-order valence-electron chi connectivity index (χ1n) is 6.73. The van der Waals surface area contributed by atoms with Gasteiger partial charge in [-0.05, 0) is 38.0 Å². The molecule has 0 bridgehead atoms. The van der Waals surface area contributed by atoms with Crippen LogP contribution in [0.4, 0.5) is 0 Å². The number of carbonyl (C=O) groups excluding carboxylic acids is 1. The fraction of sp³-hybridized carbons (Fsp3) is 0.400. The average molecular weight is 292 g/mol. The second kappa shape index (κ2) is 4.74. The van der Waals surface area contributed by atoms with Crippen LogP contribution in [0.3, 0.4) is 0 Å². The predicted molar refractivity (Wildman–Crippen MR) is 76.7 cm³/mol. The maximum absolute atomic E-state index is 12.4. The molecule has 0 saturated carbocycles. The van der Waals surface area contributed by atoms with Gasteiger partial charge in [-0.25, -0.2) is 8.42 Å². The Morgan fingerprint density at radius 1 is 1.25 bits per heavy atom. The van der Waals surface area contributed by atoms with E-state index in [1.165, 1.54) is 0 Å². The van der Waals surface area contributed by atoms with Crippen molar-refractivity contribution < 1.29 is 17.6 Å². The lowest BCUT2D eigenvalue weighted by molar-refractivity contribution is 0.0957. The van der Waals surface area contributed by atoms with Gasteiger partial charge in [-0.3, -0.25) is 4.79 Å². The van der Waals surface area contributed by atoms with E-state index in [-0.39, 0.29) is 11.5 Å². The van der Waals surface area contributed by atoms with Crippen LogP contribution in [-0.2, 0) is 9.84 Å². The summed E-state index contributed by atoms with van der Waals surface area (Å²) in [7, 11) is -3.33. The van der Waals surface area contributed by atoms with Gasteiger partial charge in [0.1, 0.15) is 10.8 Å². The highest BCUT2D eigenvalue weighted by molar-refractivity contribution is 7.92. The highest BCUT2D eigenvalue weighted by Gasteiger charge is 2.36. The summed E-state index contributed by atoms with van der Waals surface area (Å²) in [6, 6.07) is 7.27. The highest BCUT2D eigenvalue weighted by atomic mass is 32.2. The van der Waals surface area contributed by atoms with E-state index in [4.69, 9.17) is 4.42 Å². The average Bonchev–Trinajstić information content (AvgIpc) is 2.80. The summed E-state index contributed by atoms with van der Waals surface area (Å²) < 4.78 is 29.5. The zero-order valence-electron chi connectivity index (χ0n) is 11.3. The third-order valence-corrected chi connectivity index (χ3v) is 5.96. The first-order valence-corrected chi connectivity index (χ1v) is 8.45. The molecule has 0 radical (unpaired) electrons. The van der Waals surface area contributed by atoms with Crippen LogP contribution >= 0.6 is 0 Å². The standard InChI is InChI=1S/C15H16O4S/c1-10-5-6-12-11(8-10)9-13(19-12)15(16)14-4-2-3-7-20(14,17)18/h5-6,8-9,14H,2-4,7H2,1H3. The molecule has 0 aliphatic carbocycles. The van der Waals surface area contributed by atoms with Crippen molar-refractivity contribution >= 4 is 26.6 Å². The van der Waals surface area contributed by atoms with Crippen LogP contribution in [-0.4, -0.2) is 25.2 Å². The number of hydrogen-bond acceptors (Lipinski definition) is 4. The largest absolute Gasteiger partial charge is 0.453 e. The van der Waals surface area contributed by atoms with E-state index < -0.39 is 20.9 Å². The summed E-state index contributed by atoms with van der Waals surface area (Å²) in [5.41, 5.74) is 1.69. The third kappa shape index (κ3) is 2.26. The lowest BCUT2D eigenvalue weighted by Gasteiger charge is -2.19. The number of fused-ring (bicyclic) bond motifs is 1. The summed E-state index contributed by atoms with van der Waals surface area (Å²) in [5.74, 6) is -0.150. The summed E-state index contributed by atoms with van der Waals surface area (Å²) in [6.45, 7) is 1.96. The molecule has 2 aromatic rings. The number of hydrogen-bond donors (Lipinski definition) is 0. The maximum atomic E-state index is 12.4. The molecule has 1 aromatic heterocycles. The second-order valence-corrected chi connectivity index (χ2v) is 7.67. The van der Waals surface area contributed by atoms with E-state index >= 15 is 0 Å². The molecule has 0 amide bonds. The Labute approximate surface area is 117 Å². The molecule has 106 valence electrons. The minimum Gasteiger partial charge on any atom is -0.453 e. The van der Waals surface area contributed by atoms with Crippen molar-refractivity contribution in [2.75, 3.05) is 5.75 Å². The molecule has 0 N–H and O–H groups in total. The monoisotopic (exact) mass is 292 g/mol. The van der Waals surface area contributed by atoms with Gasteiger partial charge < -0.3 is 4.42 Å². The van der Waals surface area contributed by atoms with Gasteiger partial charge in [0.25, 0.3) is 0 Å². The van der Waals surface area contributed by atoms with Crippen molar-refractivity contribution in [3.63, 3.8) is 0 Å². The maximum Gasteiger partial charge on any atom is 0.216 e. The van der Waals surface area contributed by atoms with Gasteiger partial charge in [-0.1, -0.05) is 18.1 Å². The van der Waals surface area contributed by atoms with Crippen LogP contribution in [0.25, 0.3) is 11.0 Å². The molecule has 1 aliphatic heterocycles. The lowest BCUT2D eigenvalue weighted by atomic mass is 10.1. The first-order chi connectivity index (χ1) is 9.47. The van der Waals surface area contributed by atoms with Crippen LogP contribution in [0.5, 0.6) is 0 Å². The van der Waals surface area contributed by atoms with E-state index in [0.717, 1.165) is 17.4 Å². The van der Waals surface area contributed by atoms with Gasteiger partial charge in [0.15, 0.2) is 15.6 Å². The predicted octanol–water partition coefficient (Wildman–Crippen LogP) is 2.89. The molecule has 0 spiro atoms. The van der Waals surface area contributed by atoms with E-state index in [9.17, 15) is 13.2 Å². The molecule has 3 rings (SSSR count). The van der Waals surface area contributed by atoms with Crippen molar-refractivity contribution in [3.8, 4) is 0 Å². The molecule has 1 unspecified atom stereocenters. The number of aryl methyl sites for hydroxylation is 1. The van der Waals surface area contributed by atoms with Gasteiger partial charge in [0, 0.05) is 5.39 Å². The fourth-order valence-corrected chi connectivity index (χ4v) is 4.55. The summed E-state index contributed by atoms with van der Waals surface area (Å²) in [5, 5.41) is -0.0977. The lowest BCUT2D eigenvalue weighted by Crippen LogP contribution is -2.35. The molecule has 1 atom stereocenters.